The molecular weight excluding hydrogens is 330 g/mol. The largest absolute Gasteiger partial charge is 0.385 e. The number of rotatable bonds is 3. The van der Waals surface area contributed by atoms with E-state index in [-0.39, 0.29) is 6.04 Å². The smallest absolute Gasteiger partial charge is 0.211 e. The van der Waals surface area contributed by atoms with Gasteiger partial charge in [-0.1, -0.05) is 0 Å². The molecule has 4 heterocycles. The molecule has 0 bridgehead atoms. The molecule has 0 spiro atoms. The second-order valence-electron chi connectivity index (χ2n) is 6.31. The van der Waals surface area contributed by atoms with Crippen LogP contribution in [0.3, 0.4) is 0 Å². The zero-order valence-electron chi connectivity index (χ0n) is 13.5. The number of fused-ring (bicyclic) bond motifs is 3. The van der Waals surface area contributed by atoms with Gasteiger partial charge in [-0.05, 0) is 19.4 Å². The third kappa shape index (κ3) is 2.31. The van der Waals surface area contributed by atoms with Gasteiger partial charge in [-0.15, -0.1) is 0 Å². The molecule has 0 aliphatic carbocycles. The van der Waals surface area contributed by atoms with Crippen LogP contribution >= 0.6 is 0 Å². The van der Waals surface area contributed by atoms with E-state index in [0.29, 0.717) is 30.9 Å². The number of hydrogen-bond donors (Lipinski definition) is 2. The highest BCUT2D eigenvalue weighted by atomic mass is 32.2. The van der Waals surface area contributed by atoms with Crippen molar-refractivity contribution < 1.29 is 13.5 Å². The van der Waals surface area contributed by atoms with Crippen LogP contribution in [0.2, 0.25) is 0 Å². The predicted molar refractivity (Wildman–Crippen MR) is 90.1 cm³/mol. The lowest BCUT2D eigenvalue weighted by Crippen LogP contribution is -2.28. The van der Waals surface area contributed by atoms with Crippen molar-refractivity contribution in [1.29, 1.82) is 0 Å². The molecule has 3 aromatic heterocycles. The number of aliphatic hydroxyl groups is 1. The molecule has 1 aliphatic rings. The van der Waals surface area contributed by atoms with Gasteiger partial charge in [0.25, 0.3) is 0 Å². The van der Waals surface area contributed by atoms with Crippen LogP contribution in [0.15, 0.2) is 18.5 Å². The third-order valence-corrected chi connectivity index (χ3v) is 5.87. The molecule has 1 aliphatic heterocycles. The first-order valence-electron chi connectivity index (χ1n) is 7.83. The van der Waals surface area contributed by atoms with Gasteiger partial charge in [0.2, 0.25) is 10.0 Å². The molecule has 0 saturated carbocycles. The van der Waals surface area contributed by atoms with E-state index < -0.39 is 16.1 Å². The lowest BCUT2D eigenvalue weighted by Gasteiger charge is -2.19. The average Bonchev–Trinajstić information content (AvgIpc) is 3.22. The average molecular weight is 349 g/mol. The number of aliphatic hydroxyl groups excluding tert-OH is 1. The van der Waals surface area contributed by atoms with Gasteiger partial charge in [0.15, 0.2) is 0 Å². The van der Waals surface area contributed by atoms with Crippen molar-refractivity contribution in [1.82, 2.24) is 23.8 Å². The Morgan fingerprint density at radius 1 is 1.46 bits per heavy atom. The first kappa shape index (κ1) is 15.6. The van der Waals surface area contributed by atoms with E-state index in [1.165, 1.54) is 10.6 Å². The van der Waals surface area contributed by atoms with Gasteiger partial charge < -0.3 is 14.7 Å². The van der Waals surface area contributed by atoms with Gasteiger partial charge in [-0.2, -0.15) is 0 Å². The van der Waals surface area contributed by atoms with E-state index in [4.69, 9.17) is 0 Å². The minimum absolute atomic E-state index is 0.0603. The van der Waals surface area contributed by atoms with E-state index in [2.05, 4.69) is 15.0 Å². The Kier molecular flexibility index (Phi) is 3.41. The van der Waals surface area contributed by atoms with Crippen molar-refractivity contribution in [2.24, 2.45) is 0 Å². The SMILES string of the molecule is CC(O)c1nc2cnc3[nH]ccc3c2n1C1CCN(S(C)(=O)=O)C1. The number of H-pyrrole nitrogens is 1. The molecule has 2 unspecified atom stereocenters. The van der Waals surface area contributed by atoms with Crippen molar-refractivity contribution in [3.05, 3.63) is 24.3 Å². The molecule has 4 rings (SSSR count). The normalized spacial score (nSPS) is 21.0. The van der Waals surface area contributed by atoms with Gasteiger partial charge in [0, 0.05) is 24.7 Å². The topological polar surface area (TPSA) is 104 Å². The molecule has 1 saturated heterocycles. The highest BCUT2D eigenvalue weighted by Gasteiger charge is 2.33. The fourth-order valence-electron chi connectivity index (χ4n) is 3.50. The number of nitrogens with zero attached hydrogens (tertiary/aromatic N) is 4. The Labute approximate surface area is 139 Å². The van der Waals surface area contributed by atoms with Crippen LogP contribution in [0.1, 0.15) is 31.3 Å². The van der Waals surface area contributed by atoms with Crippen molar-refractivity contribution in [2.75, 3.05) is 19.3 Å². The fourth-order valence-corrected chi connectivity index (χ4v) is 4.38. The molecule has 9 heteroatoms. The zero-order chi connectivity index (χ0) is 17.1. The molecule has 3 aromatic rings. The van der Waals surface area contributed by atoms with Crippen LogP contribution in [-0.4, -0.2) is 56.7 Å². The quantitative estimate of drug-likeness (QED) is 0.739. The third-order valence-electron chi connectivity index (χ3n) is 4.60. The lowest BCUT2D eigenvalue weighted by molar-refractivity contribution is 0.182. The summed E-state index contributed by atoms with van der Waals surface area (Å²) >= 11 is 0. The van der Waals surface area contributed by atoms with Gasteiger partial charge in [0.05, 0.1) is 24.0 Å². The van der Waals surface area contributed by atoms with Gasteiger partial charge in [0.1, 0.15) is 23.1 Å². The molecular formula is C15H19N5O3S. The molecule has 0 radical (unpaired) electrons. The summed E-state index contributed by atoms with van der Waals surface area (Å²) in [5, 5.41) is 11.1. The standard InChI is InChI=1S/C15H19N5O3S/c1-9(21)15-18-12-7-17-14-11(3-5-16-14)13(12)20(15)10-4-6-19(8-10)24(2,22)23/h3,5,7,9-10,21H,4,6,8H2,1-2H3,(H,16,17). The first-order valence-corrected chi connectivity index (χ1v) is 9.68. The maximum absolute atomic E-state index is 11.8. The monoisotopic (exact) mass is 349 g/mol. The van der Waals surface area contributed by atoms with Crippen molar-refractivity contribution >= 4 is 32.1 Å². The number of aromatic nitrogens is 4. The number of hydrogen-bond acceptors (Lipinski definition) is 5. The summed E-state index contributed by atoms with van der Waals surface area (Å²) in [7, 11) is -3.23. The predicted octanol–water partition coefficient (Wildman–Crippen LogP) is 1.17. The number of pyridine rings is 1. The number of aromatic amines is 1. The van der Waals surface area contributed by atoms with Gasteiger partial charge in [-0.25, -0.2) is 22.7 Å². The van der Waals surface area contributed by atoms with E-state index >= 15 is 0 Å². The fraction of sp³-hybridized carbons (Fsp3) is 0.467. The molecule has 128 valence electrons. The van der Waals surface area contributed by atoms with E-state index in [0.717, 1.165) is 16.6 Å². The second-order valence-corrected chi connectivity index (χ2v) is 8.29. The highest BCUT2D eigenvalue weighted by molar-refractivity contribution is 7.88. The molecule has 2 N–H and O–H groups in total. The zero-order valence-corrected chi connectivity index (χ0v) is 14.3. The Morgan fingerprint density at radius 3 is 2.92 bits per heavy atom. The highest BCUT2D eigenvalue weighted by Crippen LogP contribution is 2.34. The van der Waals surface area contributed by atoms with Crippen LogP contribution in [0.4, 0.5) is 0 Å². The lowest BCUT2D eigenvalue weighted by atomic mass is 10.2. The molecule has 24 heavy (non-hydrogen) atoms. The van der Waals surface area contributed by atoms with Crippen LogP contribution in [0, 0.1) is 0 Å². The van der Waals surface area contributed by atoms with E-state index in [1.807, 2.05) is 16.8 Å². The maximum Gasteiger partial charge on any atom is 0.211 e. The van der Waals surface area contributed by atoms with Crippen molar-refractivity contribution in [3.8, 4) is 0 Å². The van der Waals surface area contributed by atoms with Gasteiger partial charge >= 0.3 is 0 Å². The summed E-state index contributed by atoms with van der Waals surface area (Å²) in [5.74, 6) is 0.542. The van der Waals surface area contributed by atoms with Crippen molar-refractivity contribution in [2.45, 2.75) is 25.5 Å². The summed E-state index contributed by atoms with van der Waals surface area (Å²) < 4.78 is 27.1. The van der Waals surface area contributed by atoms with Crippen LogP contribution < -0.4 is 0 Å². The number of nitrogens with one attached hydrogen (secondary N) is 1. The van der Waals surface area contributed by atoms with Crippen LogP contribution in [0.25, 0.3) is 22.1 Å². The minimum atomic E-state index is -3.23. The van der Waals surface area contributed by atoms with Crippen LogP contribution in [-0.2, 0) is 10.0 Å². The summed E-state index contributed by atoms with van der Waals surface area (Å²) in [6.45, 7) is 2.53. The first-order chi connectivity index (χ1) is 11.4. The Morgan fingerprint density at radius 2 is 2.25 bits per heavy atom. The number of imidazole rings is 1. The van der Waals surface area contributed by atoms with Crippen molar-refractivity contribution in [3.63, 3.8) is 0 Å². The molecule has 0 aromatic carbocycles. The summed E-state index contributed by atoms with van der Waals surface area (Å²) in [4.78, 5) is 12.0. The molecule has 8 nitrogen and oxygen atoms in total. The Balaban J connectivity index is 1.93. The minimum Gasteiger partial charge on any atom is -0.385 e. The van der Waals surface area contributed by atoms with E-state index in [1.54, 1.807) is 13.1 Å². The van der Waals surface area contributed by atoms with Crippen LogP contribution in [0.5, 0.6) is 0 Å². The van der Waals surface area contributed by atoms with Gasteiger partial charge in [-0.3, -0.25) is 0 Å². The summed E-state index contributed by atoms with van der Waals surface area (Å²) in [5.41, 5.74) is 2.34. The summed E-state index contributed by atoms with van der Waals surface area (Å²) in [6.07, 6.45) is 4.66. The molecule has 0 amide bonds. The number of sulfonamides is 1. The maximum atomic E-state index is 11.8. The Bertz CT molecular complexity index is 1020. The van der Waals surface area contributed by atoms with E-state index in [9.17, 15) is 13.5 Å². The molecule has 1 fully saturated rings. The summed E-state index contributed by atoms with van der Waals surface area (Å²) in [6, 6.07) is 1.87. The Hall–Kier alpha value is -1.97. The molecule has 2 atom stereocenters. The second kappa shape index (κ2) is 5.27.